The Bertz CT molecular complexity index is 501. The number of hydrogen-bond acceptors (Lipinski definition) is 2. The predicted molar refractivity (Wildman–Crippen MR) is 72.0 cm³/mol. The van der Waals surface area contributed by atoms with E-state index < -0.39 is 29.0 Å². The smallest absolute Gasteiger partial charge is 0.348 e. The molecule has 0 saturated carbocycles. The van der Waals surface area contributed by atoms with Crippen molar-refractivity contribution >= 4 is 18.3 Å². The highest BCUT2D eigenvalue weighted by molar-refractivity contribution is 5.94. The van der Waals surface area contributed by atoms with Crippen LogP contribution in [-0.2, 0) is 6.18 Å². The third kappa shape index (κ3) is 4.31. The predicted octanol–water partition coefficient (Wildman–Crippen LogP) is 2.75. The first-order chi connectivity index (χ1) is 9.39. The molecule has 3 nitrogen and oxygen atoms in total. The van der Waals surface area contributed by atoms with E-state index in [-0.39, 0.29) is 18.4 Å². The van der Waals surface area contributed by atoms with Gasteiger partial charge in [-0.05, 0) is 31.5 Å². The summed E-state index contributed by atoms with van der Waals surface area (Å²) < 4.78 is 51.5. The van der Waals surface area contributed by atoms with Gasteiger partial charge in [0.15, 0.2) is 0 Å². The third-order valence-corrected chi connectivity index (χ3v) is 3.18. The van der Waals surface area contributed by atoms with Gasteiger partial charge in [0.1, 0.15) is 5.82 Å². The average Bonchev–Trinajstić information content (AvgIpc) is 2.38. The third-order valence-electron chi connectivity index (χ3n) is 3.18. The number of benzene rings is 1. The van der Waals surface area contributed by atoms with E-state index in [0.29, 0.717) is 12.6 Å². The molecule has 118 valence electrons. The van der Waals surface area contributed by atoms with Gasteiger partial charge >= 0.3 is 6.18 Å². The van der Waals surface area contributed by atoms with E-state index in [1.165, 1.54) is 0 Å². The summed E-state index contributed by atoms with van der Waals surface area (Å²) in [6.07, 6.45) is -3.23. The first-order valence-electron chi connectivity index (χ1n) is 6.27. The highest BCUT2D eigenvalue weighted by Gasteiger charge is 2.35. The van der Waals surface area contributed by atoms with Gasteiger partial charge in [-0.2, -0.15) is 13.2 Å². The summed E-state index contributed by atoms with van der Waals surface area (Å²) >= 11 is 0. The first-order valence-corrected chi connectivity index (χ1v) is 6.27. The van der Waals surface area contributed by atoms with Crippen molar-refractivity contribution in [3.63, 3.8) is 0 Å². The van der Waals surface area contributed by atoms with Gasteiger partial charge in [-0.1, -0.05) is 6.07 Å². The Kier molecular flexibility index (Phi) is 5.98. The summed E-state index contributed by atoms with van der Waals surface area (Å²) in [5, 5.41) is 5.60. The van der Waals surface area contributed by atoms with Crippen molar-refractivity contribution in [3.05, 3.63) is 35.1 Å². The lowest BCUT2D eigenvalue weighted by molar-refractivity contribution is -0.140. The molecule has 0 aromatic heterocycles. The summed E-state index contributed by atoms with van der Waals surface area (Å²) in [6.45, 7) is 1.37. The Morgan fingerprint density at radius 2 is 2.05 bits per heavy atom. The van der Waals surface area contributed by atoms with E-state index in [4.69, 9.17) is 0 Å². The Balaban J connectivity index is 0.00000220. The maximum absolute atomic E-state index is 13.8. The summed E-state index contributed by atoms with van der Waals surface area (Å²) in [5.74, 6) is -2.34. The number of carbonyl (C=O) groups is 1. The number of nitrogens with one attached hydrogen (secondary N) is 2. The molecule has 1 saturated heterocycles. The van der Waals surface area contributed by atoms with Crippen molar-refractivity contribution in [1.82, 2.24) is 10.6 Å². The Morgan fingerprint density at radius 1 is 1.33 bits per heavy atom. The van der Waals surface area contributed by atoms with Crippen molar-refractivity contribution in [3.8, 4) is 0 Å². The van der Waals surface area contributed by atoms with Crippen molar-refractivity contribution in [2.24, 2.45) is 0 Å². The van der Waals surface area contributed by atoms with Gasteiger partial charge in [-0.25, -0.2) is 4.39 Å². The number of amides is 1. The van der Waals surface area contributed by atoms with Gasteiger partial charge in [0.05, 0.1) is 11.1 Å². The van der Waals surface area contributed by atoms with Gasteiger partial charge in [-0.15, -0.1) is 12.4 Å². The van der Waals surface area contributed by atoms with Gasteiger partial charge in [0, 0.05) is 12.6 Å². The molecule has 2 N–H and O–H groups in total. The molecule has 1 amide bonds. The topological polar surface area (TPSA) is 41.1 Å². The molecule has 8 heteroatoms. The van der Waals surface area contributed by atoms with E-state index in [1.807, 2.05) is 0 Å². The minimum absolute atomic E-state index is 0. The SMILES string of the molecule is Cl.O=C(NC1CCCNC1)c1cccc(C(F)(F)F)c1F. The number of piperidine rings is 1. The highest BCUT2D eigenvalue weighted by atomic mass is 35.5. The van der Waals surface area contributed by atoms with Crippen molar-refractivity contribution in [2.45, 2.75) is 25.1 Å². The van der Waals surface area contributed by atoms with Crippen LogP contribution in [0.5, 0.6) is 0 Å². The van der Waals surface area contributed by atoms with Crippen LogP contribution in [0.25, 0.3) is 0 Å². The largest absolute Gasteiger partial charge is 0.419 e. The second-order valence-electron chi connectivity index (χ2n) is 4.68. The molecule has 2 rings (SSSR count). The normalized spacial score (nSPS) is 18.8. The van der Waals surface area contributed by atoms with Crippen molar-refractivity contribution in [2.75, 3.05) is 13.1 Å². The second kappa shape index (κ2) is 7.09. The van der Waals surface area contributed by atoms with E-state index in [1.54, 1.807) is 0 Å². The van der Waals surface area contributed by atoms with Crippen LogP contribution in [0.1, 0.15) is 28.8 Å². The van der Waals surface area contributed by atoms with Crippen molar-refractivity contribution < 1.29 is 22.4 Å². The van der Waals surface area contributed by atoms with Gasteiger partial charge in [0.2, 0.25) is 0 Å². The Labute approximate surface area is 125 Å². The van der Waals surface area contributed by atoms with Crippen LogP contribution in [0, 0.1) is 5.82 Å². The minimum atomic E-state index is -4.81. The summed E-state index contributed by atoms with van der Waals surface area (Å²) in [5.41, 5.74) is -2.00. The quantitative estimate of drug-likeness (QED) is 0.821. The Morgan fingerprint density at radius 3 is 2.62 bits per heavy atom. The molecule has 0 radical (unpaired) electrons. The number of hydrogen-bond donors (Lipinski definition) is 2. The lowest BCUT2D eigenvalue weighted by Gasteiger charge is -2.24. The molecular weight excluding hydrogens is 312 g/mol. The number of rotatable bonds is 2. The minimum Gasteiger partial charge on any atom is -0.348 e. The van der Waals surface area contributed by atoms with Crippen LogP contribution in [0.15, 0.2) is 18.2 Å². The zero-order valence-electron chi connectivity index (χ0n) is 11.0. The number of carbonyl (C=O) groups excluding carboxylic acids is 1. The molecule has 1 aliphatic heterocycles. The summed E-state index contributed by atoms with van der Waals surface area (Å²) in [7, 11) is 0. The molecule has 1 aromatic carbocycles. The van der Waals surface area contributed by atoms with E-state index in [0.717, 1.165) is 31.5 Å². The van der Waals surface area contributed by atoms with Crippen molar-refractivity contribution in [1.29, 1.82) is 0 Å². The van der Waals surface area contributed by atoms with E-state index >= 15 is 0 Å². The van der Waals surface area contributed by atoms with Crippen LogP contribution in [0.3, 0.4) is 0 Å². The van der Waals surface area contributed by atoms with Crippen LogP contribution in [0.2, 0.25) is 0 Å². The first kappa shape index (κ1) is 17.7. The average molecular weight is 327 g/mol. The van der Waals surface area contributed by atoms with E-state index in [2.05, 4.69) is 10.6 Å². The van der Waals surface area contributed by atoms with Crippen LogP contribution >= 0.6 is 12.4 Å². The fraction of sp³-hybridized carbons (Fsp3) is 0.462. The number of alkyl halides is 3. The molecule has 1 atom stereocenters. The highest BCUT2D eigenvalue weighted by Crippen LogP contribution is 2.32. The molecule has 1 unspecified atom stereocenters. The zero-order valence-corrected chi connectivity index (χ0v) is 11.8. The fourth-order valence-electron chi connectivity index (χ4n) is 2.16. The number of halogens is 5. The van der Waals surface area contributed by atoms with Gasteiger partial charge in [-0.3, -0.25) is 4.79 Å². The monoisotopic (exact) mass is 326 g/mol. The molecule has 0 aliphatic carbocycles. The second-order valence-corrected chi connectivity index (χ2v) is 4.68. The molecule has 1 heterocycles. The fourth-order valence-corrected chi connectivity index (χ4v) is 2.16. The molecule has 1 aromatic rings. The summed E-state index contributed by atoms with van der Waals surface area (Å²) in [4.78, 5) is 11.9. The molecule has 1 fully saturated rings. The van der Waals surface area contributed by atoms with Crippen LogP contribution in [0.4, 0.5) is 17.6 Å². The maximum atomic E-state index is 13.8. The lowest BCUT2D eigenvalue weighted by atomic mass is 10.1. The molecule has 21 heavy (non-hydrogen) atoms. The molecule has 0 spiro atoms. The zero-order chi connectivity index (χ0) is 14.8. The van der Waals surface area contributed by atoms with E-state index in [9.17, 15) is 22.4 Å². The molecule has 0 bridgehead atoms. The Hall–Kier alpha value is -1.34. The lowest BCUT2D eigenvalue weighted by Crippen LogP contribution is -2.45. The summed E-state index contributed by atoms with van der Waals surface area (Å²) in [6, 6.07) is 2.51. The maximum Gasteiger partial charge on any atom is 0.419 e. The van der Waals surface area contributed by atoms with Gasteiger partial charge < -0.3 is 10.6 Å². The molecule has 1 aliphatic rings. The van der Waals surface area contributed by atoms with Gasteiger partial charge in [0.25, 0.3) is 5.91 Å². The molecular formula is C13H15ClF4N2O. The standard InChI is InChI=1S/C13H14F4N2O.ClH/c14-11-9(4-1-5-10(11)13(15,16)17)12(20)19-8-3-2-6-18-7-8;/h1,4-5,8,18H,2-3,6-7H2,(H,19,20);1H. The van der Waals surface area contributed by atoms with Crippen LogP contribution in [-0.4, -0.2) is 25.0 Å². The van der Waals surface area contributed by atoms with Crippen LogP contribution < -0.4 is 10.6 Å².